The molecule has 0 unspecified atom stereocenters. The van der Waals surface area contributed by atoms with Crippen molar-refractivity contribution in [2.45, 2.75) is 85.6 Å². The van der Waals surface area contributed by atoms with Crippen LogP contribution in [0.4, 0.5) is 0 Å². The predicted octanol–water partition coefficient (Wildman–Crippen LogP) is 3.63. The number of nitrogens with one attached hydrogen (secondary N) is 1. The van der Waals surface area contributed by atoms with Crippen molar-refractivity contribution in [2.75, 3.05) is 7.11 Å². The van der Waals surface area contributed by atoms with Gasteiger partial charge in [0.1, 0.15) is 17.6 Å². The number of allylic oxidation sites excluding steroid dienone is 4. The maximum Gasteiger partial charge on any atom is 0.312 e. The number of fused-ring (bicyclic) bond motifs is 14. The fourth-order valence-electron chi connectivity index (χ4n) is 6.62. The summed E-state index contributed by atoms with van der Waals surface area (Å²) in [4.78, 5) is 66.2. The molecule has 4 aliphatic rings. The van der Waals surface area contributed by atoms with E-state index in [4.69, 9.17) is 18.9 Å². The van der Waals surface area contributed by atoms with Crippen LogP contribution >= 0.6 is 0 Å². The molecule has 0 fully saturated rings. The summed E-state index contributed by atoms with van der Waals surface area (Å²) < 4.78 is 23.1. The molecular weight excluding hydrogens is 650 g/mol. The smallest absolute Gasteiger partial charge is 0.312 e. The first-order valence-electron chi connectivity index (χ1n) is 16.4. The fourth-order valence-corrected chi connectivity index (χ4v) is 6.62. The molecule has 0 saturated heterocycles. The van der Waals surface area contributed by atoms with Crippen molar-refractivity contribution < 1.29 is 58.2 Å². The molecule has 5 bridgehead atoms. The molecule has 4 N–H and O–H groups in total. The quantitative estimate of drug-likeness (QED) is 0.329. The van der Waals surface area contributed by atoms with Gasteiger partial charge in [-0.2, -0.15) is 0 Å². The van der Waals surface area contributed by atoms with Crippen molar-refractivity contribution in [1.29, 1.82) is 0 Å². The summed E-state index contributed by atoms with van der Waals surface area (Å²) in [5.74, 6) is -8.99. The molecule has 1 aliphatic carbocycles. The highest BCUT2D eigenvalue weighted by Gasteiger charge is 2.51. The Hall–Kier alpha value is -4.59. The lowest BCUT2D eigenvalue weighted by Crippen LogP contribution is -2.46. The average molecular weight is 696 g/mol. The van der Waals surface area contributed by atoms with Gasteiger partial charge in [0.15, 0.2) is 5.78 Å². The summed E-state index contributed by atoms with van der Waals surface area (Å²) in [6.07, 6.45) is 4.31. The Balaban J connectivity index is 1.83. The lowest BCUT2D eigenvalue weighted by molar-refractivity contribution is -0.160. The summed E-state index contributed by atoms with van der Waals surface area (Å²) in [5, 5.41) is 36.1. The first-order valence-corrected chi connectivity index (χ1v) is 16.4. The number of Topliss-reactive ketones (excluding diaryl/α,β-unsaturated/α-hetero) is 2. The van der Waals surface area contributed by atoms with E-state index < -0.39 is 100 Å². The van der Waals surface area contributed by atoms with E-state index >= 15 is 0 Å². The number of aliphatic hydroxyl groups is 2. The van der Waals surface area contributed by atoms with Gasteiger partial charge in [0.05, 0.1) is 47.0 Å². The number of benzene rings is 1. The van der Waals surface area contributed by atoms with Crippen LogP contribution in [0.25, 0.3) is 0 Å². The molecule has 5 rings (SSSR count). The van der Waals surface area contributed by atoms with Crippen LogP contribution in [-0.2, 0) is 23.8 Å². The summed E-state index contributed by atoms with van der Waals surface area (Å²) in [5.41, 5.74) is -1.31. The molecule has 3 aliphatic heterocycles. The molecule has 0 radical (unpaired) electrons. The van der Waals surface area contributed by atoms with Crippen LogP contribution in [0.2, 0.25) is 0 Å². The number of amides is 1. The maximum absolute atomic E-state index is 13.9. The first-order chi connectivity index (χ1) is 23.4. The molecule has 50 heavy (non-hydrogen) atoms. The number of ketones is 3. The Morgan fingerprint density at radius 2 is 1.60 bits per heavy atom. The largest absolute Gasteiger partial charge is 0.507 e. The Morgan fingerprint density at radius 1 is 0.940 bits per heavy atom. The number of hydrogen-bond donors (Lipinski definition) is 4. The van der Waals surface area contributed by atoms with E-state index in [1.807, 2.05) is 0 Å². The first kappa shape index (κ1) is 38.2. The number of carbonyl (C=O) groups is 5. The van der Waals surface area contributed by atoms with Gasteiger partial charge < -0.3 is 39.6 Å². The monoisotopic (exact) mass is 695 g/mol. The average Bonchev–Trinajstić information content (AvgIpc) is 3.33. The van der Waals surface area contributed by atoms with Crippen LogP contribution in [0.1, 0.15) is 85.1 Å². The molecule has 270 valence electrons. The minimum atomic E-state index is -2.03. The van der Waals surface area contributed by atoms with Crippen molar-refractivity contribution in [3.8, 4) is 11.5 Å². The van der Waals surface area contributed by atoms with Crippen molar-refractivity contribution in [1.82, 2.24) is 5.32 Å². The third-order valence-electron chi connectivity index (χ3n) is 9.80. The normalized spacial score (nSPS) is 34.5. The van der Waals surface area contributed by atoms with Gasteiger partial charge in [-0.05, 0) is 19.9 Å². The van der Waals surface area contributed by atoms with E-state index in [1.54, 1.807) is 39.8 Å². The summed E-state index contributed by atoms with van der Waals surface area (Å²) in [7, 11) is 1.42. The van der Waals surface area contributed by atoms with E-state index in [2.05, 4.69) is 5.32 Å². The van der Waals surface area contributed by atoms with Crippen LogP contribution in [0.3, 0.4) is 0 Å². The van der Waals surface area contributed by atoms with E-state index in [0.29, 0.717) is 0 Å². The fraction of sp³-hybridized carbons (Fsp3) is 0.486. The van der Waals surface area contributed by atoms with Crippen LogP contribution in [-0.4, -0.2) is 81.9 Å². The third kappa shape index (κ3) is 7.03. The van der Waals surface area contributed by atoms with Crippen LogP contribution in [0.5, 0.6) is 11.5 Å². The lowest BCUT2D eigenvalue weighted by atomic mass is 9.78. The van der Waals surface area contributed by atoms with Gasteiger partial charge in [-0.3, -0.25) is 24.0 Å². The highest BCUT2D eigenvalue weighted by Crippen LogP contribution is 2.47. The van der Waals surface area contributed by atoms with E-state index in [9.17, 15) is 39.3 Å². The summed E-state index contributed by atoms with van der Waals surface area (Å²) in [6.45, 7) is 12.3. The number of methoxy groups -OCH3 is 1. The minimum absolute atomic E-state index is 0.00885. The number of ether oxygens (including phenoxy) is 4. The van der Waals surface area contributed by atoms with E-state index in [-0.39, 0.29) is 28.0 Å². The second kappa shape index (κ2) is 14.7. The summed E-state index contributed by atoms with van der Waals surface area (Å²) >= 11 is 0. The SMILES string of the molecule is CO[C@@H]1/C=C/O[C@@]2(C)Oc3c(C)c(O)c4c(c3C2=O)C(=O)C=C(NC(=O)/C(C)=C\C=C\[C@H](C)[C@H](O)[C@H](C)[C@H](O)[C@H](C)[C@@H](OC(C)=O)[C@H]1C)C4=O. The van der Waals surface area contributed by atoms with Gasteiger partial charge in [0.2, 0.25) is 5.78 Å². The second-order valence-electron chi connectivity index (χ2n) is 13.4. The Kier molecular flexibility index (Phi) is 11.2. The highest BCUT2D eigenvalue weighted by molar-refractivity contribution is 6.30. The molecular formula is C37H45NO12. The Labute approximate surface area is 290 Å². The van der Waals surface area contributed by atoms with Gasteiger partial charge in [-0.15, -0.1) is 0 Å². The zero-order valence-electron chi connectivity index (χ0n) is 29.6. The minimum Gasteiger partial charge on any atom is -0.507 e. The molecule has 1 aromatic carbocycles. The van der Waals surface area contributed by atoms with Crippen molar-refractivity contribution in [3.05, 3.63) is 70.2 Å². The molecule has 9 atom stereocenters. The number of esters is 1. The molecule has 0 spiro atoms. The Morgan fingerprint density at radius 3 is 2.22 bits per heavy atom. The van der Waals surface area contributed by atoms with Gasteiger partial charge in [-0.25, -0.2) is 0 Å². The molecule has 0 aromatic heterocycles. The zero-order chi connectivity index (χ0) is 37.4. The predicted molar refractivity (Wildman–Crippen MR) is 179 cm³/mol. The Bertz CT molecular complexity index is 1720. The van der Waals surface area contributed by atoms with Crippen molar-refractivity contribution in [3.63, 3.8) is 0 Å². The van der Waals surface area contributed by atoms with E-state index in [0.717, 1.165) is 12.3 Å². The number of phenolic OH excluding ortho intramolecular Hbond substituents is 1. The van der Waals surface area contributed by atoms with Crippen LogP contribution in [0, 0.1) is 30.6 Å². The van der Waals surface area contributed by atoms with Crippen molar-refractivity contribution >= 4 is 29.2 Å². The molecule has 0 saturated carbocycles. The summed E-state index contributed by atoms with van der Waals surface area (Å²) in [6, 6.07) is 0. The topological polar surface area (TPSA) is 195 Å². The van der Waals surface area contributed by atoms with Crippen LogP contribution < -0.4 is 10.1 Å². The molecule has 1 aromatic rings. The van der Waals surface area contributed by atoms with Gasteiger partial charge in [0, 0.05) is 61.8 Å². The number of aromatic hydroxyl groups is 1. The number of hydrogen-bond acceptors (Lipinski definition) is 12. The second-order valence-corrected chi connectivity index (χ2v) is 13.4. The molecule has 1 amide bonds. The van der Waals surface area contributed by atoms with Crippen molar-refractivity contribution in [2.24, 2.45) is 23.7 Å². The van der Waals surface area contributed by atoms with E-state index in [1.165, 1.54) is 47.0 Å². The van der Waals surface area contributed by atoms with Gasteiger partial charge in [0.25, 0.3) is 11.7 Å². The number of carbonyl (C=O) groups excluding carboxylic acids is 5. The van der Waals surface area contributed by atoms with Gasteiger partial charge >= 0.3 is 11.8 Å². The zero-order valence-corrected chi connectivity index (χ0v) is 29.6. The standard InChI is InChI=1S/C37H45NO12/c1-16-11-10-12-17(2)36(46)38-23-15-24(40)26-27(32(23)44)31(43)21(6)34-28(26)35(45)37(8,50-34)48-14-13-25(47-9)18(3)33(49-22(7)39)20(5)30(42)19(4)29(16)41/h10-16,18-20,25,29-30,33,41-43H,1-9H3,(H,38,46)/b11-10+,14-13+,17-12-/t16-,18-,19-,20-,25+,29-,30-,33-,37-/m0/s1. The molecule has 3 heterocycles. The number of aliphatic hydroxyl groups excluding tert-OH is 2. The highest BCUT2D eigenvalue weighted by atomic mass is 16.7. The van der Waals surface area contributed by atoms with Gasteiger partial charge in [-0.1, -0.05) is 45.9 Å². The molecule has 13 nitrogen and oxygen atoms in total. The van der Waals surface area contributed by atoms with Crippen LogP contribution in [0.15, 0.2) is 47.9 Å². The third-order valence-corrected chi connectivity index (χ3v) is 9.80. The number of rotatable bonds is 2. The molecule has 13 heteroatoms. The number of phenols is 1. The maximum atomic E-state index is 13.9. The lowest BCUT2D eigenvalue weighted by Gasteiger charge is -2.38.